The van der Waals surface area contributed by atoms with Crippen LogP contribution in [-0.4, -0.2) is 34.4 Å². The number of rotatable bonds is 2. The minimum absolute atomic E-state index is 0.189. The van der Waals surface area contributed by atoms with Crippen molar-refractivity contribution in [3.8, 4) is 0 Å². The highest BCUT2D eigenvalue weighted by molar-refractivity contribution is 5.76. The maximum absolute atomic E-state index is 10.5. The molecule has 0 radical (unpaired) electrons. The SMILES string of the molecule is O=C1CCC(C(O)C(=O)O)O1. The quantitative estimate of drug-likeness (QED) is 0.513. The van der Waals surface area contributed by atoms with Crippen molar-refractivity contribution in [3.63, 3.8) is 0 Å². The molecule has 0 bridgehead atoms. The van der Waals surface area contributed by atoms with Gasteiger partial charge in [-0.05, 0) is 6.42 Å². The number of ether oxygens (including phenoxy) is 1. The van der Waals surface area contributed by atoms with E-state index in [4.69, 9.17) is 10.2 Å². The van der Waals surface area contributed by atoms with Crippen molar-refractivity contribution < 1.29 is 24.5 Å². The molecular formula is C6H8O5. The lowest BCUT2D eigenvalue weighted by Crippen LogP contribution is -2.33. The number of aliphatic carboxylic acids is 1. The number of esters is 1. The van der Waals surface area contributed by atoms with Crippen molar-refractivity contribution in [3.05, 3.63) is 0 Å². The minimum atomic E-state index is -1.58. The number of aliphatic hydroxyl groups is 1. The molecule has 1 heterocycles. The second-order valence-corrected chi connectivity index (χ2v) is 2.35. The Labute approximate surface area is 62.6 Å². The molecule has 1 fully saturated rings. The Morgan fingerprint density at radius 2 is 2.36 bits per heavy atom. The molecule has 0 saturated carbocycles. The fourth-order valence-electron chi connectivity index (χ4n) is 0.928. The summed E-state index contributed by atoms with van der Waals surface area (Å²) in [5, 5.41) is 17.2. The summed E-state index contributed by atoms with van der Waals surface area (Å²) in [6.45, 7) is 0. The summed E-state index contributed by atoms with van der Waals surface area (Å²) in [7, 11) is 0. The third-order valence-corrected chi connectivity index (χ3v) is 1.52. The van der Waals surface area contributed by atoms with Crippen molar-refractivity contribution in [2.75, 3.05) is 0 Å². The van der Waals surface area contributed by atoms with Crippen LogP contribution in [0.2, 0.25) is 0 Å². The van der Waals surface area contributed by atoms with Crippen LogP contribution in [0.3, 0.4) is 0 Å². The number of cyclic esters (lactones) is 1. The number of carbonyl (C=O) groups excluding carboxylic acids is 1. The normalized spacial score (nSPS) is 26.3. The van der Waals surface area contributed by atoms with Crippen LogP contribution in [0, 0.1) is 0 Å². The molecule has 5 heteroatoms. The highest BCUT2D eigenvalue weighted by atomic mass is 16.6. The highest BCUT2D eigenvalue weighted by Crippen LogP contribution is 2.16. The Kier molecular flexibility index (Phi) is 2.09. The molecular weight excluding hydrogens is 152 g/mol. The maximum atomic E-state index is 10.5. The van der Waals surface area contributed by atoms with Gasteiger partial charge in [-0.15, -0.1) is 0 Å². The first-order valence-corrected chi connectivity index (χ1v) is 3.21. The number of carbonyl (C=O) groups is 2. The molecule has 0 aromatic rings. The van der Waals surface area contributed by atoms with Crippen molar-refractivity contribution in [2.45, 2.75) is 25.0 Å². The van der Waals surface area contributed by atoms with Crippen molar-refractivity contribution >= 4 is 11.9 Å². The molecule has 0 aromatic carbocycles. The summed E-state index contributed by atoms with van der Waals surface area (Å²) >= 11 is 0. The van der Waals surface area contributed by atoms with Gasteiger partial charge in [0, 0.05) is 6.42 Å². The molecule has 2 N–H and O–H groups in total. The summed E-state index contributed by atoms with van der Waals surface area (Å²) in [5.74, 6) is -1.81. The van der Waals surface area contributed by atoms with Crippen LogP contribution in [0.4, 0.5) is 0 Å². The Balaban J connectivity index is 2.49. The van der Waals surface area contributed by atoms with Crippen molar-refractivity contribution in [2.24, 2.45) is 0 Å². The van der Waals surface area contributed by atoms with Crippen LogP contribution >= 0.6 is 0 Å². The summed E-state index contributed by atoms with van der Waals surface area (Å²) in [6.07, 6.45) is -1.97. The summed E-state index contributed by atoms with van der Waals surface area (Å²) in [6, 6.07) is 0. The second kappa shape index (κ2) is 2.87. The van der Waals surface area contributed by atoms with Crippen molar-refractivity contribution in [1.29, 1.82) is 0 Å². The van der Waals surface area contributed by atoms with Crippen molar-refractivity contribution in [1.82, 2.24) is 0 Å². The zero-order valence-electron chi connectivity index (χ0n) is 5.69. The highest BCUT2D eigenvalue weighted by Gasteiger charge is 2.33. The molecule has 0 aromatic heterocycles. The maximum Gasteiger partial charge on any atom is 0.336 e. The van der Waals surface area contributed by atoms with E-state index in [1.807, 2.05) is 0 Å². The van der Waals surface area contributed by atoms with Gasteiger partial charge in [0.2, 0.25) is 0 Å². The standard InChI is InChI=1S/C6H8O5/c7-4-2-1-3(11-4)5(8)6(9)10/h3,5,8H,1-2H2,(H,9,10). The Hall–Kier alpha value is -1.10. The fourth-order valence-corrected chi connectivity index (χ4v) is 0.928. The lowest BCUT2D eigenvalue weighted by Gasteiger charge is -2.11. The topological polar surface area (TPSA) is 83.8 Å². The zero-order valence-corrected chi connectivity index (χ0v) is 5.69. The number of hydrogen-bond donors (Lipinski definition) is 2. The minimum Gasteiger partial charge on any atom is -0.479 e. The van der Waals surface area contributed by atoms with E-state index >= 15 is 0 Å². The van der Waals surface area contributed by atoms with E-state index < -0.39 is 24.1 Å². The Morgan fingerprint density at radius 3 is 2.73 bits per heavy atom. The van der Waals surface area contributed by atoms with Gasteiger partial charge in [-0.3, -0.25) is 4.79 Å². The number of carboxylic acid groups (broad SMARTS) is 1. The van der Waals surface area contributed by atoms with Gasteiger partial charge in [0.05, 0.1) is 0 Å². The van der Waals surface area contributed by atoms with E-state index in [0.29, 0.717) is 0 Å². The summed E-state index contributed by atoms with van der Waals surface area (Å²) < 4.78 is 4.51. The van der Waals surface area contributed by atoms with Gasteiger partial charge in [-0.25, -0.2) is 4.79 Å². The number of aliphatic hydroxyl groups excluding tert-OH is 1. The van der Waals surface area contributed by atoms with E-state index in [9.17, 15) is 9.59 Å². The third kappa shape index (κ3) is 1.68. The molecule has 1 saturated heterocycles. The average molecular weight is 160 g/mol. The summed E-state index contributed by atoms with van der Waals surface area (Å²) in [5.41, 5.74) is 0. The van der Waals surface area contributed by atoms with Gasteiger partial charge in [0.1, 0.15) is 6.10 Å². The van der Waals surface area contributed by atoms with E-state index in [2.05, 4.69) is 4.74 Å². The van der Waals surface area contributed by atoms with E-state index in [1.165, 1.54) is 0 Å². The van der Waals surface area contributed by atoms with Gasteiger partial charge >= 0.3 is 11.9 Å². The Morgan fingerprint density at radius 1 is 1.73 bits per heavy atom. The monoisotopic (exact) mass is 160 g/mol. The fraction of sp³-hybridized carbons (Fsp3) is 0.667. The second-order valence-electron chi connectivity index (χ2n) is 2.35. The predicted octanol–water partition coefficient (Wildman–Crippen LogP) is -0.862. The van der Waals surface area contributed by atoms with E-state index in [1.54, 1.807) is 0 Å². The number of carboxylic acids is 1. The molecule has 5 nitrogen and oxygen atoms in total. The molecule has 0 amide bonds. The van der Waals surface area contributed by atoms with E-state index in [-0.39, 0.29) is 12.8 Å². The molecule has 11 heavy (non-hydrogen) atoms. The van der Waals surface area contributed by atoms with Crippen LogP contribution < -0.4 is 0 Å². The molecule has 1 rings (SSSR count). The smallest absolute Gasteiger partial charge is 0.336 e. The van der Waals surface area contributed by atoms with Crippen LogP contribution in [0.15, 0.2) is 0 Å². The largest absolute Gasteiger partial charge is 0.479 e. The lowest BCUT2D eigenvalue weighted by atomic mass is 10.1. The third-order valence-electron chi connectivity index (χ3n) is 1.52. The van der Waals surface area contributed by atoms with Crippen LogP contribution in [0.1, 0.15) is 12.8 Å². The molecule has 62 valence electrons. The first-order chi connectivity index (χ1) is 5.11. The first-order valence-electron chi connectivity index (χ1n) is 3.21. The van der Waals surface area contributed by atoms with Crippen LogP contribution in [0.5, 0.6) is 0 Å². The predicted molar refractivity (Wildman–Crippen MR) is 32.8 cm³/mol. The van der Waals surface area contributed by atoms with E-state index in [0.717, 1.165) is 0 Å². The van der Waals surface area contributed by atoms with Gasteiger partial charge in [0.25, 0.3) is 0 Å². The van der Waals surface area contributed by atoms with Gasteiger partial charge in [-0.2, -0.15) is 0 Å². The van der Waals surface area contributed by atoms with Crippen LogP contribution in [0.25, 0.3) is 0 Å². The molecule has 2 atom stereocenters. The molecule has 1 aliphatic rings. The zero-order chi connectivity index (χ0) is 8.43. The van der Waals surface area contributed by atoms with Gasteiger partial charge in [0.15, 0.2) is 6.10 Å². The molecule has 0 aliphatic carbocycles. The van der Waals surface area contributed by atoms with Gasteiger partial charge in [-0.1, -0.05) is 0 Å². The summed E-state index contributed by atoms with van der Waals surface area (Å²) in [4.78, 5) is 20.6. The first kappa shape index (κ1) is 8.00. The molecule has 0 spiro atoms. The average Bonchev–Trinajstić information content (AvgIpc) is 2.34. The lowest BCUT2D eigenvalue weighted by molar-refractivity contribution is -0.158. The molecule has 2 unspecified atom stereocenters. The van der Waals surface area contributed by atoms with Crippen LogP contribution in [-0.2, 0) is 14.3 Å². The number of hydrogen-bond acceptors (Lipinski definition) is 4. The van der Waals surface area contributed by atoms with Gasteiger partial charge < -0.3 is 14.9 Å². The Bertz CT molecular complexity index is 187. The molecule has 1 aliphatic heterocycles.